The fourth-order valence-electron chi connectivity index (χ4n) is 1.57. The molecule has 1 heterocycles. The van der Waals surface area contributed by atoms with E-state index in [9.17, 15) is 5.11 Å². The van der Waals surface area contributed by atoms with Crippen LogP contribution in [0.15, 0.2) is 0 Å². The third-order valence-electron chi connectivity index (χ3n) is 2.26. The molecule has 62 valence electrons. The van der Waals surface area contributed by atoms with Crippen molar-refractivity contribution in [3.05, 3.63) is 0 Å². The van der Waals surface area contributed by atoms with Crippen molar-refractivity contribution in [1.82, 2.24) is 4.90 Å². The summed E-state index contributed by atoms with van der Waals surface area (Å²) in [7, 11) is 2.02. The van der Waals surface area contributed by atoms with Gasteiger partial charge in [0, 0.05) is 19.5 Å². The third kappa shape index (κ3) is 2.21. The van der Waals surface area contributed by atoms with E-state index in [2.05, 4.69) is 10.8 Å². The number of rotatable bonds is 2. The van der Waals surface area contributed by atoms with Gasteiger partial charge in [-0.2, -0.15) is 0 Å². The first-order chi connectivity index (χ1) is 5.16. The summed E-state index contributed by atoms with van der Waals surface area (Å²) in [5.41, 5.74) is -0.499. The summed E-state index contributed by atoms with van der Waals surface area (Å²) in [6, 6.07) is 0. The van der Waals surface area contributed by atoms with Gasteiger partial charge in [0.1, 0.15) is 0 Å². The third-order valence-corrected chi connectivity index (χ3v) is 2.26. The lowest BCUT2D eigenvalue weighted by molar-refractivity contribution is 0.0447. The van der Waals surface area contributed by atoms with Crippen LogP contribution in [-0.4, -0.2) is 35.7 Å². The highest BCUT2D eigenvalue weighted by molar-refractivity contribution is 4.93. The van der Waals surface area contributed by atoms with Crippen molar-refractivity contribution in [2.45, 2.75) is 24.9 Å². The van der Waals surface area contributed by atoms with E-state index in [1.807, 2.05) is 7.05 Å². The van der Waals surface area contributed by atoms with Crippen molar-refractivity contribution in [2.24, 2.45) is 0 Å². The van der Waals surface area contributed by atoms with Gasteiger partial charge in [0.05, 0.1) is 5.60 Å². The maximum absolute atomic E-state index is 9.86. The van der Waals surface area contributed by atoms with Crippen LogP contribution in [0.25, 0.3) is 0 Å². The number of likely N-dealkylation sites (tertiary alicyclic amines) is 1. The van der Waals surface area contributed by atoms with Crippen LogP contribution in [0.2, 0.25) is 0 Å². The Morgan fingerprint density at radius 3 is 2.91 bits per heavy atom. The molecular weight excluding hydrogens is 138 g/mol. The van der Waals surface area contributed by atoms with Gasteiger partial charge in [-0.15, -0.1) is 12.3 Å². The highest BCUT2D eigenvalue weighted by atomic mass is 16.3. The minimum Gasteiger partial charge on any atom is -0.388 e. The lowest BCUT2D eigenvalue weighted by atomic mass is 9.97. The van der Waals surface area contributed by atoms with Crippen molar-refractivity contribution >= 4 is 0 Å². The fraction of sp³-hybridized carbons (Fsp3) is 0.778. The number of hydrogen-bond acceptors (Lipinski definition) is 2. The van der Waals surface area contributed by atoms with E-state index in [0.29, 0.717) is 6.42 Å². The minimum atomic E-state index is -0.499. The van der Waals surface area contributed by atoms with Crippen LogP contribution in [0, 0.1) is 12.3 Å². The number of nitrogens with zero attached hydrogens (tertiary/aromatic N) is 1. The molecule has 0 amide bonds. The monoisotopic (exact) mass is 153 g/mol. The Balaban J connectivity index is 2.37. The molecular formula is C9H15NO. The van der Waals surface area contributed by atoms with Crippen molar-refractivity contribution in [1.29, 1.82) is 0 Å². The molecule has 1 fully saturated rings. The predicted molar refractivity (Wildman–Crippen MR) is 45.1 cm³/mol. The van der Waals surface area contributed by atoms with Crippen molar-refractivity contribution < 1.29 is 5.11 Å². The molecule has 11 heavy (non-hydrogen) atoms. The van der Waals surface area contributed by atoms with E-state index >= 15 is 0 Å². The average Bonchev–Trinajstić information content (AvgIpc) is 2.28. The maximum atomic E-state index is 9.86. The molecule has 1 aliphatic heterocycles. The molecule has 0 aromatic heterocycles. The standard InChI is InChI=1S/C9H15NO/c1-3-4-5-9(11)6-7-10(2)8-9/h1,11H,4-8H2,2H3. The Bertz CT molecular complexity index is 173. The Morgan fingerprint density at radius 2 is 2.45 bits per heavy atom. The van der Waals surface area contributed by atoms with Crippen LogP contribution in [-0.2, 0) is 0 Å². The number of likely N-dealkylation sites (N-methyl/N-ethyl adjacent to an activating group) is 1. The Kier molecular flexibility index (Phi) is 2.53. The van der Waals surface area contributed by atoms with E-state index in [4.69, 9.17) is 6.42 Å². The van der Waals surface area contributed by atoms with Gasteiger partial charge < -0.3 is 10.0 Å². The molecule has 0 radical (unpaired) electrons. The van der Waals surface area contributed by atoms with E-state index in [0.717, 1.165) is 25.9 Å². The van der Waals surface area contributed by atoms with Gasteiger partial charge in [-0.05, 0) is 19.9 Å². The summed E-state index contributed by atoms with van der Waals surface area (Å²) in [6.07, 6.45) is 7.42. The summed E-state index contributed by atoms with van der Waals surface area (Å²) in [5, 5.41) is 9.86. The molecule has 1 unspecified atom stereocenters. The van der Waals surface area contributed by atoms with E-state index < -0.39 is 5.60 Å². The second kappa shape index (κ2) is 3.25. The molecule has 0 aromatic rings. The number of hydrogen-bond donors (Lipinski definition) is 1. The zero-order valence-corrected chi connectivity index (χ0v) is 7.01. The molecule has 1 aliphatic rings. The number of terminal acetylenes is 1. The van der Waals surface area contributed by atoms with Crippen molar-refractivity contribution in [3.8, 4) is 12.3 Å². The van der Waals surface area contributed by atoms with Crippen molar-refractivity contribution in [3.63, 3.8) is 0 Å². The largest absolute Gasteiger partial charge is 0.388 e. The molecule has 1 rings (SSSR count). The van der Waals surface area contributed by atoms with Gasteiger partial charge in [0.15, 0.2) is 0 Å². The Hall–Kier alpha value is -0.520. The molecule has 2 nitrogen and oxygen atoms in total. The summed E-state index contributed by atoms with van der Waals surface area (Å²) < 4.78 is 0. The second-order valence-corrected chi connectivity index (χ2v) is 3.42. The highest BCUT2D eigenvalue weighted by Gasteiger charge is 2.33. The second-order valence-electron chi connectivity index (χ2n) is 3.42. The normalized spacial score (nSPS) is 32.1. The van der Waals surface area contributed by atoms with Gasteiger partial charge in [0.2, 0.25) is 0 Å². The molecule has 0 aromatic carbocycles. The molecule has 0 aliphatic carbocycles. The zero-order chi connectivity index (χ0) is 8.32. The molecule has 1 atom stereocenters. The Labute approximate surface area is 68.2 Å². The fourth-order valence-corrected chi connectivity index (χ4v) is 1.57. The molecule has 1 saturated heterocycles. The first-order valence-electron chi connectivity index (χ1n) is 4.01. The average molecular weight is 153 g/mol. The van der Waals surface area contributed by atoms with Crippen LogP contribution in [0.4, 0.5) is 0 Å². The molecule has 2 heteroatoms. The van der Waals surface area contributed by atoms with E-state index in [-0.39, 0.29) is 0 Å². The molecule has 1 N–H and O–H groups in total. The quantitative estimate of drug-likeness (QED) is 0.583. The lowest BCUT2D eigenvalue weighted by Gasteiger charge is -2.20. The van der Waals surface area contributed by atoms with Crippen molar-refractivity contribution in [2.75, 3.05) is 20.1 Å². The first kappa shape index (κ1) is 8.58. The van der Waals surface area contributed by atoms with Gasteiger partial charge in [-0.3, -0.25) is 0 Å². The lowest BCUT2D eigenvalue weighted by Crippen LogP contribution is -2.31. The van der Waals surface area contributed by atoms with Gasteiger partial charge in [-0.1, -0.05) is 0 Å². The summed E-state index contributed by atoms with van der Waals surface area (Å²) >= 11 is 0. The van der Waals surface area contributed by atoms with Gasteiger partial charge in [0.25, 0.3) is 0 Å². The topological polar surface area (TPSA) is 23.5 Å². The van der Waals surface area contributed by atoms with Crippen LogP contribution in [0.3, 0.4) is 0 Å². The highest BCUT2D eigenvalue weighted by Crippen LogP contribution is 2.24. The summed E-state index contributed by atoms with van der Waals surface area (Å²) in [5.74, 6) is 2.56. The summed E-state index contributed by atoms with van der Waals surface area (Å²) in [4.78, 5) is 2.14. The van der Waals surface area contributed by atoms with Crippen LogP contribution < -0.4 is 0 Å². The van der Waals surface area contributed by atoms with Crippen LogP contribution >= 0.6 is 0 Å². The van der Waals surface area contributed by atoms with Gasteiger partial charge >= 0.3 is 0 Å². The SMILES string of the molecule is C#CCCC1(O)CCN(C)C1. The molecule has 0 saturated carbocycles. The van der Waals surface area contributed by atoms with E-state index in [1.165, 1.54) is 0 Å². The van der Waals surface area contributed by atoms with Gasteiger partial charge in [-0.25, -0.2) is 0 Å². The van der Waals surface area contributed by atoms with Crippen LogP contribution in [0.1, 0.15) is 19.3 Å². The molecule has 0 spiro atoms. The first-order valence-corrected chi connectivity index (χ1v) is 4.01. The predicted octanol–water partition coefficient (Wildman–Crippen LogP) is 0.466. The summed E-state index contributed by atoms with van der Waals surface area (Å²) in [6.45, 7) is 1.76. The van der Waals surface area contributed by atoms with E-state index in [1.54, 1.807) is 0 Å². The Morgan fingerprint density at radius 1 is 1.73 bits per heavy atom. The number of aliphatic hydroxyl groups is 1. The molecule has 0 bridgehead atoms. The zero-order valence-electron chi connectivity index (χ0n) is 7.01. The maximum Gasteiger partial charge on any atom is 0.0795 e. The minimum absolute atomic E-state index is 0.499. The number of β-amino-alcohol motifs (C(OH)–C–C–N with tert-alkyl or cyclic N) is 1. The smallest absolute Gasteiger partial charge is 0.0795 e. The van der Waals surface area contributed by atoms with Crippen LogP contribution in [0.5, 0.6) is 0 Å².